The minimum Gasteiger partial charge on any atom is -0.454 e. The van der Waals surface area contributed by atoms with Crippen LogP contribution in [0.25, 0.3) is 0 Å². The van der Waals surface area contributed by atoms with Gasteiger partial charge in [0, 0.05) is 39.1 Å². The quantitative estimate of drug-likeness (QED) is 0.667. The largest absolute Gasteiger partial charge is 0.454 e. The molecule has 8 heteroatoms. The number of carbonyl (C=O) groups excluding carboxylic acids is 1. The van der Waals surface area contributed by atoms with Crippen molar-refractivity contribution in [3.63, 3.8) is 0 Å². The molecule has 1 amide bonds. The SMILES string of the molecule is O=C(NCc1ccccc1)c1nnc2n1C[C@@H]1CN(Cc3ccc4c(c3)OCO4)C[C@H]1C2. The predicted octanol–water partition coefficient (Wildman–Crippen LogP) is 2.24. The third-order valence-electron chi connectivity index (χ3n) is 6.68. The lowest BCUT2D eigenvalue weighted by Gasteiger charge is -2.25. The van der Waals surface area contributed by atoms with E-state index in [0.29, 0.717) is 31.0 Å². The number of carbonyl (C=O) groups is 1. The number of fused-ring (bicyclic) bond motifs is 3. The van der Waals surface area contributed by atoms with Gasteiger partial charge in [0.15, 0.2) is 11.5 Å². The van der Waals surface area contributed by atoms with Crippen LogP contribution in [0.4, 0.5) is 0 Å². The molecule has 0 radical (unpaired) electrons. The third-order valence-corrected chi connectivity index (χ3v) is 6.68. The van der Waals surface area contributed by atoms with Crippen LogP contribution in [0.2, 0.25) is 0 Å². The van der Waals surface area contributed by atoms with Crippen molar-refractivity contribution >= 4 is 5.91 Å². The van der Waals surface area contributed by atoms with E-state index in [9.17, 15) is 4.79 Å². The molecule has 1 saturated heterocycles. The molecule has 2 atom stereocenters. The molecule has 32 heavy (non-hydrogen) atoms. The Bertz CT molecular complexity index is 1150. The van der Waals surface area contributed by atoms with Gasteiger partial charge in [0.1, 0.15) is 5.82 Å². The summed E-state index contributed by atoms with van der Waals surface area (Å²) >= 11 is 0. The summed E-state index contributed by atoms with van der Waals surface area (Å²) in [7, 11) is 0. The maximum absolute atomic E-state index is 12.8. The highest BCUT2D eigenvalue weighted by Crippen LogP contribution is 2.36. The molecule has 0 saturated carbocycles. The van der Waals surface area contributed by atoms with Crippen molar-refractivity contribution in [2.45, 2.75) is 26.1 Å². The summed E-state index contributed by atoms with van der Waals surface area (Å²) in [5, 5.41) is 11.5. The van der Waals surface area contributed by atoms with Crippen LogP contribution in [0.3, 0.4) is 0 Å². The van der Waals surface area contributed by atoms with E-state index in [0.717, 1.165) is 55.5 Å². The fraction of sp³-hybridized carbons (Fsp3) is 0.375. The average molecular weight is 431 g/mol. The summed E-state index contributed by atoms with van der Waals surface area (Å²) in [5.74, 6) is 3.86. The molecule has 0 unspecified atom stereocenters. The smallest absolute Gasteiger partial charge is 0.289 e. The van der Waals surface area contributed by atoms with Crippen LogP contribution in [-0.4, -0.2) is 45.5 Å². The number of benzene rings is 2. The molecule has 0 bridgehead atoms. The molecule has 0 spiro atoms. The van der Waals surface area contributed by atoms with Crippen LogP contribution in [0.5, 0.6) is 11.5 Å². The molecule has 3 aromatic rings. The standard InChI is InChI=1S/C24H25N5O3/c30-24(25-10-16-4-2-1-3-5-16)23-27-26-22-9-18-12-28(13-19(18)14-29(22)23)11-17-6-7-20-21(8-17)32-15-31-20/h1-8,18-19H,9-15H2,(H,25,30)/t18-,19+/m1/s1. The molecule has 2 aromatic carbocycles. The second-order valence-corrected chi connectivity index (χ2v) is 8.82. The number of nitrogens with zero attached hydrogens (tertiary/aromatic N) is 4. The third kappa shape index (κ3) is 3.60. The van der Waals surface area contributed by atoms with E-state index >= 15 is 0 Å². The van der Waals surface area contributed by atoms with Gasteiger partial charge in [0.25, 0.3) is 5.91 Å². The zero-order valence-corrected chi connectivity index (χ0v) is 17.7. The van der Waals surface area contributed by atoms with E-state index in [-0.39, 0.29) is 5.91 Å². The predicted molar refractivity (Wildman–Crippen MR) is 116 cm³/mol. The lowest BCUT2D eigenvalue weighted by Crippen LogP contribution is -2.32. The molecule has 6 rings (SSSR count). The minimum absolute atomic E-state index is 0.165. The summed E-state index contributed by atoms with van der Waals surface area (Å²) in [4.78, 5) is 15.3. The lowest BCUT2D eigenvalue weighted by atomic mass is 9.89. The van der Waals surface area contributed by atoms with Crippen molar-refractivity contribution in [2.24, 2.45) is 11.8 Å². The van der Waals surface area contributed by atoms with Gasteiger partial charge in [-0.2, -0.15) is 0 Å². The maximum atomic E-state index is 12.8. The number of rotatable bonds is 5. The van der Waals surface area contributed by atoms with Gasteiger partial charge in [-0.15, -0.1) is 10.2 Å². The lowest BCUT2D eigenvalue weighted by molar-refractivity contribution is 0.0932. The monoisotopic (exact) mass is 431 g/mol. The first-order valence-electron chi connectivity index (χ1n) is 11.1. The van der Waals surface area contributed by atoms with Gasteiger partial charge < -0.3 is 19.4 Å². The van der Waals surface area contributed by atoms with E-state index < -0.39 is 0 Å². The molecule has 1 N–H and O–H groups in total. The van der Waals surface area contributed by atoms with Crippen molar-refractivity contribution in [3.8, 4) is 11.5 Å². The van der Waals surface area contributed by atoms with E-state index in [1.54, 1.807) is 0 Å². The summed E-state index contributed by atoms with van der Waals surface area (Å²) < 4.78 is 13.0. The number of amides is 1. The Labute approximate surface area is 186 Å². The first-order valence-corrected chi connectivity index (χ1v) is 11.1. The molecule has 8 nitrogen and oxygen atoms in total. The first-order chi connectivity index (χ1) is 15.7. The fourth-order valence-electron chi connectivity index (χ4n) is 5.07. The summed E-state index contributed by atoms with van der Waals surface area (Å²) in [6.45, 7) is 4.49. The van der Waals surface area contributed by atoms with E-state index in [1.807, 2.05) is 41.0 Å². The number of ether oxygens (including phenoxy) is 2. The van der Waals surface area contributed by atoms with Gasteiger partial charge in [0.05, 0.1) is 0 Å². The molecule has 3 aliphatic heterocycles. The maximum Gasteiger partial charge on any atom is 0.289 e. The Morgan fingerprint density at radius 2 is 1.81 bits per heavy atom. The Hall–Kier alpha value is -3.39. The van der Waals surface area contributed by atoms with Crippen LogP contribution in [0, 0.1) is 11.8 Å². The molecule has 3 aliphatic rings. The molecule has 0 aliphatic carbocycles. The highest BCUT2D eigenvalue weighted by Gasteiger charge is 2.39. The second kappa shape index (κ2) is 7.94. The number of likely N-dealkylation sites (tertiary alicyclic amines) is 1. The van der Waals surface area contributed by atoms with Crippen LogP contribution in [0.15, 0.2) is 48.5 Å². The highest BCUT2D eigenvalue weighted by molar-refractivity contribution is 5.90. The Kier molecular flexibility index (Phi) is 4.79. The first kappa shape index (κ1) is 19.3. The van der Waals surface area contributed by atoms with Gasteiger partial charge in [-0.25, -0.2) is 0 Å². The Morgan fingerprint density at radius 1 is 0.969 bits per heavy atom. The van der Waals surface area contributed by atoms with Crippen molar-refractivity contribution < 1.29 is 14.3 Å². The zero-order valence-electron chi connectivity index (χ0n) is 17.7. The molecule has 4 heterocycles. The van der Waals surface area contributed by atoms with Crippen molar-refractivity contribution in [2.75, 3.05) is 19.9 Å². The van der Waals surface area contributed by atoms with Crippen LogP contribution < -0.4 is 14.8 Å². The van der Waals surface area contributed by atoms with Crippen LogP contribution >= 0.6 is 0 Å². The van der Waals surface area contributed by atoms with Gasteiger partial charge in [-0.1, -0.05) is 36.4 Å². The molecule has 1 aromatic heterocycles. The van der Waals surface area contributed by atoms with Crippen molar-refractivity contribution in [1.82, 2.24) is 25.0 Å². The van der Waals surface area contributed by atoms with Gasteiger partial charge >= 0.3 is 0 Å². The zero-order chi connectivity index (χ0) is 21.5. The van der Waals surface area contributed by atoms with Crippen LogP contribution in [-0.2, 0) is 26.1 Å². The molecular formula is C24H25N5O3. The normalized spacial score (nSPS) is 21.2. The number of hydrogen-bond acceptors (Lipinski definition) is 6. The molecular weight excluding hydrogens is 406 g/mol. The van der Waals surface area contributed by atoms with Gasteiger partial charge in [-0.3, -0.25) is 9.69 Å². The molecule has 1 fully saturated rings. The average Bonchev–Trinajstić information content (AvgIpc) is 3.53. The Morgan fingerprint density at radius 3 is 2.72 bits per heavy atom. The molecule has 164 valence electrons. The fourth-order valence-corrected chi connectivity index (χ4v) is 5.07. The van der Waals surface area contributed by atoms with Gasteiger partial charge in [0.2, 0.25) is 12.6 Å². The number of hydrogen-bond donors (Lipinski definition) is 1. The number of nitrogens with one attached hydrogen (secondary N) is 1. The highest BCUT2D eigenvalue weighted by atomic mass is 16.7. The topological polar surface area (TPSA) is 81.5 Å². The van der Waals surface area contributed by atoms with E-state index in [2.05, 4.69) is 32.5 Å². The van der Waals surface area contributed by atoms with Crippen LogP contribution in [0.1, 0.15) is 27.6 Å². The summed E-state index contributed by atoms with van der Waals surface area (Å²) in [5.41, 5.74) is 2.29. The summed E-state index contributed by atoms with van der Waals surface area (Å²) in [6, 6.07) is 16.1. The minimum atomic E-state index is -0.165. The van der Waals surface area contributed by atoms with E-state index in [4.69, 9.17) is 9.47 Å². The van der Waals surface area contributed by atoms with Crippen molar-refractivity contribution in [1.29, 1.82) is 0 Å². The number of aromatic nitrogens is 3. The second-order valence-electron chi connectivity index (χ2n) is 8.82. The van der Waals surface area contributed by atoms with E-state index in [1.165, 1.54) is 5.56 Å². The van der Waals surface area contributed by atoms with Crippen molar-refractivity contribution in [3.05, 3.63) is 71.3 Å². The summed E-state index contributed by atoms with van der Waals surface area (Å²) in [6.07, 6.45) is 0.862. The Balaban J connectivity index is 1.10. The van der Waals surface area contributed by atoms with Gasteiger partial charge in [-0.05, 0) is 35.1 Å².